The van der Waals surface area contributed by atoms with Gasteiger partial charge in [-0.25, -0.2) is 4.79 Å². The standard InChI is InChI=1S/C22H23N3O6/c26-19(23-10-9-21(28)29)11-24-20(27)12-25-22(30)31-13-18-16-7-3-1-5-14(16)15-6-2-4-8-17(15)18/h1-8,18H,9-13H2,(H,23,26)(H,24,27)(H,25,30)(H,28,29). The number of fused-ring (bicyclic) bond motifs is 3. The van der Waals surface area contributed by atoms with Crippen molar-refractivity contribution in [3.8, 4) is 11.1 Å². The maximum Gasteiger partial charge on any atom is 0.407 e. The van der Waals surface area contributed by atoms with Crippen molar-refractivity contribution in [3.63, 3.8) is 0 Å². The minimum atomic E-state index is -1.03. The first kappa shape index (κ1) is 21.8. The number of benzene rings is 2. The van der Waals surface area contributed by atoms with Gasteiger partial charge in [0.05, 0.1) is 13.0 Å². The molecule has 3 rings (SSSR count). The third-order valence-corrected chi connectivity index (χ3v) is 4.84. The molecule has 3 amide bonds. The highest BCUT2D eigenvalue weighted by Crippen LogP contribution is 2.44. The average molecular weight is 425 g/mol. The van der Waals surface area contributed by atoms with Crippen LogP contribution in [0.1, 0.15) is 23.5 Å². The predicted molar refractivity (Wildman–Crippen MR) is 111 cm³/mol. The van der Waals surface area contributed by atoms with Crippen molar-refractivity contribution >= 4 is 23.9 Å². The van der Waals surface area contributed by atoms with E-state index in [1.54, 1.807) is 0 Å². The van der Waals surface area contributed by atoms with E-state index < -0.39 is 23.9 Å². The van der Waals surface area contributed by atoms with Gasteiger partial charge in [0.15, 0.2) is 0 Å². The number of carboxylic acids is 1. The van der Waals surface area contributed by atoms with Gasteiger partial charge in [-0.3, -0.25) is 14.4 Å². The van der Waals surface area contributed by atoms with Crippen LogP contribution in [0.3, 0.4) is 0 Å². The lowest BCUT2D eigenvalue weighted by molar-refractivity contribution is -0.137. The van der Waals surface area contributed by atoms with Crippen molar-refractivity contribution in [2.75, 3.05) is 26.2 Å². The van der Waals surface area contributed by atoms with Gasteiger partial charge in [0, 0.05) is 12.5 Å². The zero-order chi connectivity index (χ0) is 22.2. The minimum Gasteiger partial charge on any atom is -0.481 e. The number of ether oxygens (including phenoxy) is 1. The maximum absolute atomic E-state index is 12.0. The molecule has 9 nitrogen and oxygen atoms in total. The molecule has 2 aromatic carbocycles. The highest BCUT2D eigenvalue weighted by molar-refractivity contribution is 5.87. The number of rotatable bonds is 9. The molecule has 0 heterocycles. The van der Waals surface area contributed by atoms with Gasteiger partial charge in [0.1, 0.15) is 13.2 Å². The second-order valence-electron chi connectivity index (χ2n) is 6.95. The molecule has 162 valence electrons. The number of amides is 3. The molecule has 0 aliphatic heterocycles. The van der Waals surface area contributed by atoms with Crippen LogP contribution in [0, 0.1) is 0 Å². The summed E-state index contributed by atoms with van der Waals surface area (Å²) in [6.07, 6.45) is -0.939. The number of nitrogens with one attached hydrogen (secondary N) is 3. The Kier molecular flexibility index (Phi) is 7.21. The summed E-state index contributed by atoms with van der Waals surface area (Å²) in [5, 5.41) is 15.5. The van der Waals surface area contributed by atoms with E-state index in [0.717, 1.165) is 22.3 Å². The Morgan fingerprint density at radius 2 is 1.35 bits per heavy atom. The van der Waals surface area contributed by atoms with Crippen LogP contribution in [0.15, 0.2) is 48.5 Å². The number of hydrogen-bond acceptors (Lipinski definition) is 5. The predicted octanol–water partition coefficient (Wildman–Crippen LogP) is 1.23. The van der Waals surface area contributed by atoms with Crippen LogP contribution in [0.4, 0.5) is 4.79 Å². The fourth-order valence-corrected chi connectivity index (χ4v) is 3.41. The average Bonchev–Trinajstić information content (AvgIpc) is 3.08. The lowest BCUT2D eigenvalue weighted by Gasteiger charge is -2.14. The van der Waals surface area contributed by atoms with Gasteiger partial charge in [0.2, 0.25) is 11.8 Å². The Balaban J connectivity index is 1.41. The van der Waals surface area contributed by atoms with E-state index in [0.29, 0.717) is 0 Å². The lowest BCUT2D eigenvalue weighted by atomic mass is 9.98. The monoisotopic (exact) mass is 425 g/mol. The first-order valence-corrected chi connectivity index (χ1v) is 9.79. The molecule has 31 heavy (non-hydrogen) atoms. The maximum atomic E-state index is 12.0. The number of carbonyl (C=O) groups is 4. The summed E-state index contributed by atoms with van der Waals surface area (Å²) in [7, 11) is 0. The molecule has 0 unspecified atom stereocenters. The molecule has 0 radical (unpaired) electrons. The van der Waals surface area contributed by atoms with Crippen LogP contribution in [0.5, 0.6) is 0 Å². The quantitative estimate of drug-likeness (QED) is 0.478. The topological polar surface area (TPSA) is 134 Å². The summed E-state index contributed by atoms with van der Waals surface area (Å²) in [4.78, 5) is 45.7. The number of hydrogen-bond donors (Lipinski definition) is 4. The third-order valence-electron chi connectivity index (χ3n) is 4.84. The Labute approximate surface area is 178 Å². The van der Waals surface area contributed by atoms with E-state index in [-0.39, 0.29) is 38.6 Å². The van der Waals surface area contributed by atoms with Crippen LogP contribution in [0.2, 0.25) is 0 Å². The van der Waals surface area contributed by atoms with Crippen molar-refractivity contribution in [1.82, 2.24) is 16.0 Å². The lowest BCUT2D eigenvalue weighted by Crippen LogP contribution is -2.42. The van der Waals surface area contributed by atoms with E-state index in [2.05, 4.69) is 16.0 Å². The summed E-state index contributed by atoms with van der Waals surface area (Å²) in [5.74, 6) is -2.20. The van der Waals surface area contributed by atoms with Crippen LogP contribution >= 0.6 is 0 Å². The molecular formula is C22H23N3O6. The first-order valence-electron chi connectivity index (χ1n) is 9.79. The van der Waals surface area contributed by atoms with Gasteiger partial charge in [-0.05, 0) is 22.3 Å². The highest BCUT2D eigenvalue weighted by atomic mass is 16.5. The van der Waals surface area contributed by atoms with Crippen molar-refractivity contribution < 1.29 is 29.0 Å². The summed E-state index contributed by atoms with van der Waals surface area (Å²) < 4.78 is 5.33. The number of carbonyl (C=O) groups excluding carboxylic acids is 3. The Morgan fingerprint density at radius 1 is 0.806 bits per heavy atom. The zero-order valence-electron chi connectivity index (χ0n) is 16.7. The number of alkyl carbamates (subject to hydrolysis) is 1. The van der Waals surface area contributed by atoms with E-state index >= 15 is 0 Å². The summed E-state index contributed by atoms with van der Waals surface area (Å²) >= 11 is 0. The Morgan fingerprint density at radius 3 is 1.97 bits per heavy atom. The first-order chi connectivity index (χ1) is 15.0. The molecule has 1 aliphatic rings. The number of aliphatic carboxylic acids is 1. The zero-order valence-corrected chi connectivity index (χ0v) is 16.7. The Bertz CT molecular complexity index is 945. The third kappa shape index (κ3) is 5.81. The number of carboxylic acid groups (broad SMARTS) is 1. The van der Waals surface area contributed by atoms with Crippen molar-refractivity contribution in [2.24, 2.45) is 0 Å². The second kappa shape index (κ2) is 10.2. The second-order valence-corrected chi connectivity index (χ2v) is 6.95. The largest absolute Gasteiger partial charge is 0.481 e. The molecule has 9 heteroatoms. The normalized spacial score (nSPS) is 11.7. The summed E-state index contributed by atoms with van der Waals surface area (Å²) in [5.41, 5.74) is 4.41. The van der Waals surface area contributed by atoms with Gasteiger partial charge in [-0.1, -0.05) is 48.5 Å². The van der Waals surface area contributed by atoms with Crippen LogP contribution < -0.4 is 16.0 Å². The van der Waals surface area contributed by atoms with E-state index in [1.807, 2.05) is 48.5 Å². The molecule has 1 aliphatic carbocycles. The minimum absolute atomic E-state index is 0.0258. The van der Waals surface area contributed by atoms with E-state index in [9.17, 15) is 19.2 Å². The van der Waals surface area contributed by atoms with Crippen molar-refractivity contribution in [1.29, 1.82) is 0 Å². The molecular weight excluding hydrogens is 402 g/mol. The Hall–Kier alpha value is -3.88. The van der Waals surface area contributed by atoms with Gasteiger partial charge in [-0.2, -0.15) is 0 Å². The van der Waals surface area contributed by atoms with Crippen LogP contribution in [-0.4, -0.2) is 55.2 Å². The van der Waals surface area contributed by atoms with Crippen molar-refractivity contribution in [2.45, 2.75) is 12.3 Å². The fraction of sp³-hybridized carbons (Fsp3) is 0.273. The molecule has 0 saturated heterocycles. The SMILES string of the molecule is O=C(O)CCNC(=O)CNC(=O)CNC(=O)OCC1c2ccccc2-c2ccccc21. The van der Waals surface area contributed by atoms with E-state index in [1.165, 1.54) is 0 Å². The molecule has 2 aromatic rings. The van der Waals surface area contributed by atoms with Gasteiger partial charge in [-0.15, -0.1) is 0 Å². The molecule has 0 fully saturated rings. The molecule has 4 N–H and O–H groups in total. The van der Waals surface area contributed by atoms with Crippen LogP contribution in [-0.2, 0) is 19.1 Å². The smallest absolute Gasteiger partial charge is 0.407 e. The molecule has 0 spiro atoms. The van der Waals surface area contributed by atoms with Gasteiger partial charge in [0.25, 0.3) is 0 Å². The fourth-order valence-electron chi connectivity index (χ4n) is 3.41. The van der Waals surface area contributed by atoms with Gasteiger partial charge < -0.3 is 25.8 Å². The molecule has 0 aromatic heterocycles. The molecule has 0 atom stereocenters. The van der Waals surface area contributed by atoms with Crippen molar-refractivity contribution in [3.05, 3.63) is 59.7 Å². The summed E-state index contributed by atoms with van der Waals surface area (Å²) in [6, 6.07) is 15.9. The van der Waals surface area contributed by atoms with Gasteiger partial charge >= 0.3 is 12.1 Å². The van der Waals surface area contributed by atoms with Crippen LogP contribution in [0.25, 0.3) is 11.1 Å². The molecule has 0 bridgehead atoms. The summed E-state index contributed by atoms with van der Waals surface area (Å²) in [6.45, 7) is -0.556. The molecule has 0 saturated carbocycles. The van der Waals surface area contributed by atoms with E-state index in [4.69, 9.17) is 9.84 Å². The highest BCUT2D eigenvalue weighted by Gasteiger charge is 2.29.